The molecular formula is C13H8ClF2N3. The number of hydrogen-bond donors (Lipinski definition) is 2. The fourth-order valence-electron chi connectivity index (χ4n) is 1.89. The van der Waals surface area contributed by atoms with Crippen LogP contribution in [0.25, 0.3) is 22.4 Å². The number of anilines is 1. The first kappa shape index (κ1) is 11.9. The minimum atomic E-state index is -0.986. The summed E-state index contributed by atoms with van der Waals surface area (Å²) in [7, 11) is 0. The summed E-state index contributed by atoms with van der Waals surface area (Å²) in [6.07, 6.45) is 0. The Hall–Kier alpha value is -2.14. The van der Waals surface area contributed by atoms with E-state index in [4.69, 9.17) is 17.3 Å². The molecule has 0 bridgehead atoms. The number of fused-ring (bicyclic) bond motifs is 1. The Bertz CT molecular complexity index is 783. The standard InChI is InChI=1S/C13H8ClF2N3/c14-7-3-1-2-6(11(7)17)13-18-9-5-4-8(15)10(16)12(9)19-13/h1-5H,17H2,(H,18,19). The van der Waals surface area contributed by atoms with Crippen LogP contribution in [0.15, 0.2) is 30.3 Å². The number of nitrogens with two attached hydrogens (primary N) is 1. The van der Waals surface area contributed by atoms with Crippen LogP contribution in [0, 0.1) is 11.6 Å². The second-order valence-electron chi connectivity index (χ2n) is 4.04. The first-order valence-corrected chi connectivity index (χ1v) is 5.84. The molecule has 0 aliphatic heterocycles. The maximum absolute atomic E-state index is 13.6. The smallest absolute Gasteiger partial charge is 0.186 e. The van der Waals surface area contributed by atoms with Gasteiger partial charge in [0.15, 0.2) is 11.6 Å². The summed E-state index contributed by atoms with van der Waals surface area (Å²) in [5, 5.41) is 0.379. The van der Waals surface area contributed by atoms with Crippen molar-refractivity contribution >= 4 is 28.3 Å². The molecule has 3 N–H and O–H groups in total. The lowest BCUT2D eigenvalue weighted by molar-refractivity contribution is 0.515. The molecule has 1 heterocycles. The van der Waals surface area contributed by atoms with Crippen LogP contribution >= 0.6 is 11.6 Å². The van der Waals surface area contributed by atoms with Gasteiger partial charge in [-0.2, -0.15) is 0 Å². The molecule has 3 rings (SSSR count). The van der Waals surface area contributed by atoms with E-state index in [9.17, 15) is 8.78 Å². The van der Waals surface area contributed by atoms with Crippen molar-refractivity contribution in [3.8, 4) is 11.4 Å². The number of H-pyrrole nitrogens is 1. The number of hydrogen-bond acceptors (Lipinski definition) is 2. The van der Waals surface area contributed by atoms with Crippen molar-refractivity contribution < 1.29 is 8.78 Å². The number of nitrogens with one attached hydrogen (secondary N) is 1. The molecular weight excluding hydrogens is 272 g/mol. The summed E-state index contributed by atoms with van der Waals surface area (Å²) in [5.41, 5.74) is 7.06. The quantitative estimate of drug-likeness (QED) is 0.667. The average molecular weight is 280 g/mol. The topological polar surface area (TPSA) is 54.7 Å². The molecule has 0 aliphatic carbocycles. The molecule has 1 aromatic heterocycles. The lowest BCUT2D eigenvalue weighted by atomic mass is 10.2. The molecule has 0 saturated heterocycles. The number of nitrogen functional groups attached to an aromatic ring is 1. The SMILES string of the molecule is Nc1c(Cl)cccc1-c1nc2c(F)c(F)ccc2[nH]1. The summed E-state index contributed by atoms with van der Waals surface area (Å²) in [4.78, 5) is 6.93. The van der Waals surface area contributed by atoms with E-state index in [1.807, 2.05) is 0 Å². The summed E-state index contributed by atoms with van der Waals surface area (Å²) in [5.74, 6) is -1.58. The Morgan fingerprint density at radius 3 is 2.74 bits per heavy atom. The van der Waals surface area contributed by atoms with Crippen molar-refractivity contribution in [3.05, 3.63) is 47.0 Å². The Kier molecular flexibility index (Phi) is 2.64. The summed E-state index contributed by atoms with van der Waals surface area (Å²) in [6, 6.07) is 7.51. The molecule has 0 radical (unpaired) electrons. The van der Waals surface area contributed by atoms with Crippen LogP contribution in [0.5, 0.6) is 0 Å². The highest BCUT2D eigenvalue weighted by atomic mass is 35.5. The highest BCUT2D eigenvalue weighted by molar-refractivity contribution is 6.33. The summed E-state index contributed by atoms with van der Waals surface area (Å²) >= 11 is 5.92. The predicted octanol–water partition coefficient (Wildman–Crippen LogP) is 3.74. The second kappa shape index (κ2) is 4.20. The highest BCUT2D eigenvalue weighted by Crippen LogP contribution is 2.31. The Labute approximate surface area is 112 Å². The molecule has 19 heavy (non-hydrogen) atoms. The average Bonchev–Trinajstić information content (AvgIpc) is 2.82. The zero-order chi connectivity index (χ0) is 13.6. The zero-order valence-corrected chi connectivity index (χ0v) is 10.3. The number of aromatic nitrogens is 2. The monoisotopic (exact) mass is 279 g/mol. The van der Waals surface area contributed by atoms with Gasteiger partial charge in [0.1, 0.15) is 11.3 Å². The van der Waals surface area contributed by atoms with Gasteiger partial charge in [-0.1, -0.05) is 17.7 Å². The van der Waals surface area contributed by atoms with Crippen LogP contribution < -0.4 is 5.73 Å². The van der Waals surface area contributed by atoms with Crippen LogP contribution in [0.4, 0.5) is 14.5 Å². The van der Waals surface area contributed by atoms with Crippen LogP contribution in [0.1, 0.15) is 0 Å². The third-order valence-corrected chi connectivity index (χ3v) is 3.18. The van der Waals surface area contributed by atoms with E-state index in [-0.39, 0.29) is 5.52 Å². The number of para-hydroxylation sites is 1. The number of aromatic amines is 1. The largest absolute Gasteiger partial charge is 0.397 e. The minimum Gasteiger partial charge on any atom is -0.397 e. The van der Waals surface area contributed by atoms with Crippen molar-refractivity contribution in [3.63, 3.8) is 0 Å². The van der Waals surface area contributed by atoms with Crippen LogP contribution in [-0.4, -0.2) is 9.97 Å². The molecule has 0 spiro atoms. The Morgan fingerprint density at radius 2 is 1.95 bits per heavy atom. The van der Waals surface area contributed by atoms with Crippen molar-refractivity contribution in [1.82, 2.24) is 9.97 Å². The van der Waals surface area contributed by atoms with Gasteiger partial charge in [0.25, 0.3) is 0 Å². The molecule has 0 amide bonds. The van der Waals surface area contributed by atoms with Gasteiger partial charge in [-0.3, -0.25) is 0 Å². The van der Waals surface area contributed by atoms with E-state index in [0.29, 0.717) is 27.6 Å². The molecule has 96 valence electrons. The molecule has 6 heteroatoms. The number of rotatable bonds is 1. The van der Waals surface area contributed by atoms with Gasteiger partial charge < -0.3 is 10.7 Å². The van der Waals surface area contributed by atoms with E-state index in [2.05, 4.69) is 9.97 Å². The van der Waals surface area contributed by atoms with Crippen LogP contribution in [0.2, 0.25) is 5.02 Å². The lowest BCUT2D eigenvalue weighted by Crippen LogP contribution is -1.92. The van der Waals surface area contributed by atoms with Gasteiger partial charge >= 0.3 is 0 Å². The van der Waals surface area contributed by atoms with Gasteiger partial charge in [0.05, 0.1) is 16.2 Å². The molecule has 0 unspecified atom stereocenters. The van der Waals surface area contributed by atoms with Crippen molar-refractivity contribution in [2.24, 2.45) is 0 Å². The molecule has 2 aromatic carbocycles. The molecule has 3 aromatic rings. The van der Waals surface area contributed by atoms with E-state index < -0.39 is 11.6 Å². The molecule has 0 aliphatic rings. The summed E-state index contributed by atoms with van der Waals surface area (Å²) in [6.45, 7) is 0. The molecule has 3 nitrogen and oxygen atoms in total. The Morgan fingerprint density at radius 1 is 1.16 bits per heavy atom. The van der Waals surface area contributed by atoms with E-state index in [1.54, 1.807) is 18.2 Å². The van der Waals surface area contributed by atoms with Gasteiger partial charge in [-0.05, 0) is 24.3 Å². The third kappa shape index (κ3) is 1.82. The highest BCUT2D eigenvalue weighted by Gasteiger charge is 2.14. The third-order valence-electron chi connectivity index (χ3n) is 2.85. The maximum atomic E-state index is 13.6. The van der Waals surface area contributed by atoms with Crippen molar-refractivity contribution in [2.45, 2.75) is 0 Å². The van der Waals surface area contributed by atoms with Crippen molar-refractivity contribution in [2.75, 3.05) is 5.73 Å². The van der Waals surface area contributed by atoms with Gasteiger partial charge in [0, 0.05) is 5.56 Å². The molecule has 0 saturated carbocycles. The van der Waals surface area contributed by atoms with Crippen LogP contribution in [-0.2, 0) is 0 Å². The Balaban J connectivity index is 2.27. The normalized spacial score (nSPS) is 11.1. The van der Waals surface area contributed by atoms with Gasteiger partial charge in [0.2, 0.25) is 0 Å². The first-order chi connectivity index (χ1) is 9.08. The van der Waals surface area contributed by atoms with Gasteiger partial charge in [-0.25, -0.2) is 13.8 Å². The second-order valence-corrected chi connectivity index (χ2v) is 4.45. The summed E-state index contributed by atoms with van der Waals surface area (Å²) < 4.78 is 26.7. The number of benzene rings is 2. The molecule has 0 atom stereocenters. The van der Waals surface area contributed by atoms with E-state index in [1.165, 1.54) is 6.07 Å². The zero-order valence-electron chi connectivity index (χ0n) is 9.55. The molecule has 0 fully saturated rings. The van der Waals surface area contributed by atoms with E-state index in [0.717, 1.165) is 6.07 Å². The minimum absolute atomic E-state index is 0.0608. The lowest BCUT2D eigenvalue weighted by Gasteiger charge is -2.03. The number of imidazole rings is 1. The van der Waals surface area contributed by atoms with Crippen LogP contribution in [0.3, 0.4) is 0 Å². The first-order valence-electron chi connectivity index (χ1n) is 5.46. The maximum Gasteiger partial charge on any atom is 0.186 e. The fourth-order valence-corrected chi connectivity index (χ4v) is 2.06. The number of nitrogens with zero attached hydrogens (tertiary/aromatic N) is 1. The number of halogens is 3. The van der Waals surface area contributed by atoms with Crippen molar-refractivity contribution in [1.29, 1.82) is 0 Å². The fraction of sp³-hybridized carbons (Fsp3) is 0. The van der Waals surface area contributed by atoms with E-state index >= 15 is 0 Å². The predicted molar refractivity (Wildman–Crippen MR) is 70.9 cm³/mol. The van der Waals surface area contributed by atoms with Gasteiger partial charge in [-0.15, -0.1) is 0 Å².